The number of halogens is 3. The monoisotopic (exact) mass is 297 g/mol. The summed E-state index contributed by atoms with van der Waals surface area (Å²) < 4.78 is 38.6. The molecule has 0 unspecified atom stereocenters. The number of anilines is 1. The van der Waals surface area contributed by atoms with Gasteiger partial charge in [0.1, 0.15) is 5.69 Å². The standard InChI is InChI=1S/C14H14F3N3O/c1-8-4-9(2)6-10(5-8)18-13(21)11-7-12(14(15,16)17)20(3)19-11/h4-7H,1-3H3,(H,18,21). The zero-order valence-corrected chi connectivity index (χ0v) is 11.7. The second-order valence-corrected chi connectivity index (χ2v) is 4.87. The van der Waals surface area contributed by atoms with Crippen LogP contribution in [0.15, 0.2) is 24.3 Å². The van der Waals surface area contributed by atoms with Crippen molar-refractivity contribution in [1.29, 1.82) is 0 Å². The van der Waals surface area contributed by atoms with Crippen LogP contribution in [-0.2, 0) is 13.2 Å². The molecule has 2 rings (SSSR count). The molecule has 0 fully saturated rings. The third-order valence-electron chi connectivity index (χ3n) is 2.88. The van der Waals surface area contributed by atoms with Gasteiger partial charge in [0.2, 0.25) is 0 Å². The van der Waals surface area contributed by atoms with Crippen LogP contribution < -0.4 is 5.32 Å². The normalized spacial score (nSPS) is 11.5. The SMILES string of the molecule is Cc1cc(C)cc(NC(=O)c2cc(C(F)(F)F)n(C)n2)c1. The maximum Gasteiger partial charge on any atom is 0.433 e. The van der Waals surface area contributed by atoms with E-state index in [4.69, 9.17) is 0 Å². The van der Waals surface area contributed by atoms with E-state index < -0.39 is 17.8 Å². The number of amides is 1. The number of hydrogen-bond donors (Lipinski definition) is 1. The van der Waals surface area contributed by atoms with Gasteiger partial charge in [0.15, 0.2) is 5.69 Å². The largest absolute Gasteiger partial charge is 0.433 e. The molecule has 2 aromatic rings. The van der Waals surface area contributed by atoms with Gasteiger partial charge in [0, 0.05) is 18.8 Å². The molecule has 0 radical (unpaired) electrons. The van der Waals surface area contributed by atoms with Crippen molar-refractivity contribution in [2.24, 2.45) is 7.05 Å². The molecule has 0 atom stereocenters. The topological polar surface area (TPSA) is 46.9 Å². The molecule has 21 heavy (non-hydrogen) atoms. The summed E-state index contributed by atoms with van der Waals surface area (Å²) in [5.41, 5.74) is 1.18. The number of hydrogen-bond acceptors (Lipinski definition) is 2. The molecule has 0 spiro atoms. The first-order chi connectivity index (χ1) is 9.66. The predicted molar refractivity (Wildman–Crippen MR) is 72.1 cm³/mol. The molecule has 0 aliphatic carbocycles. The highest BCUT2D eigenvalue weighted by molar-refractivity contribution is 6.03. The van der Waals surface area contributed by atoms with E-state index in [0.717, 1.165) is 24.2 Å². The molecule has 0 aliphatic heterocycles. The number of benzene rings is 1. The van der Waals surface area contributed by atoms with E-state index in [1.807, 2.05) is 19.9 Å². The number of carbonyl (C=O) groups excluding carboxylic acids is 1. The van der Waals surface area contributed by atoms with Crippen LogP contribution >= 0.6 is 0 Å². The minimum absolute atomic E-state index is 0.274. The molecule has 112 valence electrons. The van der Waals surface area contributed by atoms with E-state index in [-0.39, 0.29) is 5.69 Å². The summed E-state index contributed by atoms with van der Waals surface area (Å²) in [6, 6.07) is 6.13. The first kappa shape index (κ1) is 15.1. The Morgan fingerprint density at radius 3 is 2.19 bits per heavy atom. The van der Waals surface area contributed by atoms with E-state index in [1.54, 1.807) is 12.1 Å². The third-order valence-corrected chi connectivity index (χ3v) is 2.88. The van der Waals surface area contributed by atoms with Crippen LogP contribution in [0.25, 0.3) is 0 Å². The maximum absolute atomic E-state index is 12.7. The molecule has 0 bridgehead atoms. The van der Waals surface area contributed by atoms with Crippen molar-refractivity contribution in [3.63, 3.8) is 0 Å². The van der Waals surface area contributed by atoms with Crippen molar-refractivity contribution in [3.05, 3.63) is 46.8 Å². The van der Waals surface area contributed by atoms with Gasteiger partial charge in [-0.15, -0.1) is 0 Å². The van der Waals surface area contributed by atoms with Crippen LogP contribution in [-0.4, -0.2) is 15.7 Å². The van der Waals surface area contributed by atoms with E-state index in [9.17, 15) is 18.0 Å². The quantitative estimate of drug-likeness (QED) is 0.924. The van der Waals surface area contributed by atoms with Gasteiger partial charge in [-0.1, -0.05) is 6.07 Å². The Morgan fingerprint density at radius 1 is 1.14 bits per heavy atom. The predicted octanol–water partition coefficient (Wildman–Crippen LogP) is 3.31. The van der Waals surface area contributed by atoms with Crippen LogP contribution in [0.5, 0.6) is 0 Å². The molecule has 0 saturated carbocycles. The van der Waals surface area contributed by atoms with Gasteiger partial charge in [-0.25, -0.2) is 0 Å². The van der Waals surface area contributed by atoms with Gasteiger partial charge in [0.05, 0.1) is 0 Å². The summed E-state index contributed by atoms with van der Waals surface area (Å²) in [5, 5.41) is 6.15. The van der Waals surface area contributed by atoms with Crippen molar-refractivity contribution in [2.75, 3.05) is 5.32 Å². The molecule has 4 nitrogen and oxygen atoms in total. The van der Waals surface area contributed by atoms with Gasteiger partial charge < -0.3 is 5.32 Å². The fourth-order valence-electron chi connectivity index (χ4n) is 2.09. The molecular weight excluding hydrogens is 283 g/mol. The van der Waals surface area contributed by atoms with Gasteiger partial charge in [-0.3, -0.25) is 9.48 Å². The van der Waals surface area contributed by atoms with E-state index in [1.165, 1.54) is 0 Å². The highest BCUT2D eigenvalue weighted by Crippen LogP contribution is 2.29. The zero-order valence-electron chi connectivity index (χ0n) is 11.7. The number of nitrogens with zero attached hydrogens (tertiary/aromatic N) is 2. The van der Waals surface area contributed by atoms with Crippen LogP contribution in [0.3, 0.4) is 0 Å². The van der Waals surface area contributed by atoms with Gasteiger partial charge in [0.25, 0.3) is 5.91 Å². The van der Waals surface area contributed by atoms with E-state index in [2.05, 4.69) is 10.4 Å². The molecule has 1 heterocycles. The van der Waals surface area contributed by atoms with Crippen molar-refractivity contribution in [3.8, 4) is 0 Å². The number of aryl methyl sites for hydroxylation is 3. The average Bonchev–Trinajstić information content (AvgIpc) is 2.69. The number of alkyl halides is 3. The lowest BCUT2D eigenvalue weighted by Gasteiger charge is -2.05. The summed E-state index contributed by atoms with van der Waals surface area (Å²) in [6.07, 6.45) is -4.54. The second kappa shape index (κ2) is 5.23. The summed E-state index contributed by atoms with van der Waals surface area (Å²) in [7, 11) is 1.15. The molecule has 1 aromatic carbocycles. The molecule has 0 aliphatic rings. The van der Waals surface area contributed by atoms with Crippen LogP contribution in [0.4, 0.5) is 18.9 Å². The zero-order chi connectivity index (χ0) is 15.8. The van der Waals surface area contributed by atoms with Gasteiger partial charge in [-0.05, 0) is 37.1 Å². The summed E-state index contributed by atoms with van der Waals surface area (Å²) in [4.78, 5) is 12.0. The molecular formula is C14H14F3N3O. The van der Waals surface area contributed by atoms with Crippen LogP contribution in [0.2, 0.25) is 0 Å². The first-order valence-electron chi connectivity index (χ1n) is 6.17. The minimum Gasteiger partial charge on any atom is -0.321 e. The van der Waals surface area contributed by atoms with Gasteiger partial charge in [-0.2, -0.15) is 18.3 Å². The Kier molecular flexibility index (Phi) is 3.76. The maximum atomic E-state index is 12.7. The molecule has 7 heteroatoms. The number of rotatable bonds is 2. The lowest BCUT2D eigenvalue weighted by atomic mass is 10.1. The van der Waals surface area contributed by atoms with Crippen LogP contribution in [0, 0.1) is 13.8 Å². The fourth-order valence-corrected chi connectivity index (χ4v) is 2.09. The Bertz CT molecular complexity index is 669. The molecule has 1 amide bonds. The smallest absolute Gasteiger partial charge is 0.321 e. The summed E-state index contributed by atoms with van der Waals surface area (Å²) in [6.45, 7) is 3.73. The van der Waals surface area contributed by atoms with E-state index in [0.29, 0.717) is 10.4 Å². The van der Waals surface area contributed by atoms with Crippen molar-refractivity contribution < 1.29 is 18.0 Å². The lowest BCUT2D eigenvalue weighted by Crippen LogP contribution is -2.13. The van der Waals surface area contributed by atoms with Crippen molar-refractivity contribution in [2.45, 2.75) is 20.0 Å². The number of nitrogens with one attached hydrogen (secondary N) is 1. The molecule has 1 N–H and O–H groups in total. The van der Waals surface area contributed by atoms with Crippen LogP contribution in [0.1, 0.15) is 27.3 Å². The number of aromatic nitrogens is 2. The Morgan fingerprint density at radius 2 is 1.71 bits per heavy atom. The Balaban J connectivity index is 2.25. The molecule has 1 aromatic heterocycles. The fraction of sp³-hybridized carbons (Fsp3) is 0.286. The Hall–Kier alpha value is -2.31. The molecule has 0 saturated heterocycles. The van der Waals surface area contributed by atoms with E-state index >= 15 is 0 Å². The minimum atomic E-state index is -4.54. The first-order valence-corrected chi connectivity index (χ1v) is 6.17. The average molecular weight is 297 g/mol. The Labute approximate surface area is 119 Å². The van der Waals surface area contributed by atoms with Gasteiger partial charge >= 0.3 is 6.18 Å². The van der Waals surface area contributed by atoms with Crippen molar-refractivity contribution >= 4 is 11.6 Å². The number of carbonyl (C=O) groups is 1. The lowest BCUT2D eigenvalue weighted by molar-refractivity contribution is -0.143. The van der Waals surface area contributed by atoms with Crippen molar-refractivity contribution in [1.82, 2.24) is 9.78 Å². The highest BCUT2D eigenvalue weighted by Gasteiger charge is 2.35. The highest BCUT2D eigenvalue weighted by atomic mass is 19.4. The third kappa shape index (κ3) is 3.42. The second-order valence-electron chi connectivity index (χ2n) is 4.87. The summed E-state index contributed by atoms with van der Waals surface area (Å²) in [5.74, 6) is -0.675. The summed E-state index contributed by atoms with van der Waals surface area (Å²) >= 11 is 0.